The second-order valence-electron chi connectivity index (χ2n) is 4.49. The van der Waals surface area contributed by atoms with E-state index in [1.165, 1.54) is 30.3 Å². The number of carbonyl (C=O) groups is 1. The minimum atomic E-state index is -0.490. The molecule has 2 rings (SSSR count). The van der Waals surface area contributed by atoms with Crippen molar-refractivity contribution in [3.63, 3.8) is 0 Å². The number of aryl methyl sites for hydroxylation is 1. The molecule has 0 aliphatic heterocycles. The molecule has 0 heterocycles. The van der Waals surface area contributed by atoms with E-state index < -0.39 is 5.91 Å². The zero-order valence-corrected chi connectivity index (χ0v) is 11.4. The third-order valence-electron chi connectivity index (χ3n) is 2.94. The van der Waals surface area contributed by atoms with Crippen molar-refractivity contribution in [1.82, 2.24) is 0 Å². The maximum atomic E-state index is 12.8. The third-order valence-corrected chi connectivity index (χ3v) is 2.94. The van der Waals surface area contributed by atoms with Crippen molar-refractivity contribution in [1.29, 1.82) is 5.26 Å². The quantitative estimate of drug-likeness (QED) is 0.688. The first-order chi connectivity index (χ1) is 10.1. The number of rotatable bonds is 3. The van der Waals surface area contributed by atoms with Gasteiger partial charge in [-0.1, -0.05) is 30.3 Å². The summed E-state index contributed by atoms with van der Waals surface area (Å²) in [4.78, 5) is 12.1. The normalized spacial score (nSPS) is 10.8. The van der Waals surface area contributed by atoms with Crippen molar-refractivity contribution in [2.24, 2.45) is 0 Å². The summed E-state index contributed by atoms with van der Waals surface area (Å²) in [6.45, 7) is 1.87. The first kappa shape index (κ1) is 14.5. The maximum absolute atomic E-state index is 12.8. The predicted octanol–water partition coefficient (Wildman–Crippen LogP) is 3.68. The van der Waals surface area contributed by atoms with Crippen molar-refractivity contribution in [3.8, 4) is 6.07 Å². The van der Waals surface area contributed by atoms with Crippen molar-refractivity contribution >= 4 is 17.7 Å². The van der Waals surface area contributed by atoms with E-state index in [-0.39, 0.29) is 11.4 Å². The third kappa shape index (κ3) is 3.77. The number of nitrogens with one attached hydrogen (secondary N) is 1. The molecule has 2 aromatic rings. The van der Waals surface area contributed by atoms with E-state index in [0.717, 1.165) is 5.56 Å². The molecule has 0 bridgehead atoms. The SMILES string of the molecule is Cc1ccccc1NC(=O)/C(C#N)=C/c1ccc(F)cc1. The fourth-order valence-electron chi connectivity index (χ4n) is 1.78. The average molecular weight is 280 g/mol. The van der Waals surface area contributed by atoms with Crippen LogP contribution in [0.3, 0.4) is 0 Å². The van der Waals surface area contributed by atoms with Crippen LogP contribution in [0.2, 0.25) is 0 Å². The van der Waals surface area contributed by atoms with Gasteiger partial charge in [-0.3, -0.25) is 4.79 Å². The summed E-state index contributed by atoms with van der Waals surface area (Å²) >= 11 is 0. The number of amides is 1. The van der Waals surface area contributed by atoms with Gasteiger partial charge in [-0.05, 0) is 42.3 Å². The minimum absolute atomic E-state index is 0.0372. The Balaban J connectivity index is 2.21. The minimum Gasteiger partial charge on any atom is -0.321 e. The number of para-hydroxylation sites is 1. The van der Waals surface area contributed by atoms with Crippen molar-refractivity contribution in [2.75, 3.05) is 5.32 Å². The van der Waals surface area contributed by atoms with Gasteiger partial charge in [0.1, 0.15) is 17.5 Å². The molecule has 4 heteroatoms. The fourth-order valence-corrected chi connectivity index (χ4v) is 1.78. The molecular weight excluding hydrogens is 267 g/mol. The highest BCUT2D eigenvalue weighted by Crippen LogP contribution is 2.15. The molecule has 0 aliphatic carbocycles. The summed E-state index contributed by atoms with van der Waals surface area (Å²) in [6.07, 6.45) is 1.42. The molecule has 21 heavy (non-hydrogen) atoms. The van der Waals surface area contributed by atoms with Crippen LogP contribution >= 0.6 is 0 Å². The van der Waals surface area contributed by atoms with Crippen LogP contribution in [0.5, 0.6) is 0 Å². The maximum Gasteiger partial charge on any atom is 0.266 e. The summed E-state index contributed by atoms with van der Waals surface area (Å²) in [6, 6.07) is 14.7. The van der Waals surface area contributed by atoms with Gasteiger partial charge in [0.05, 0.1) is 0 Å². The van der Waals surface area contributed by atoms with E-state index in [2.05, 4.69) is 5.32 Å². The summed E-state index contributed by atoms with van der Waals surface area (Å²) < 4.78 is 12.8. The Bertz CT molecular complexity index is 727. The van der Waals surface area contributed by atoms with Crippen LogP contribution in [-0.4, -0.2) is 5.91 Å². The van der Waals surface area contributed by atoms with Crippen LogP contribution in [0.25, 0.3) is 6.08 Å². The standard InChI is InChI=1S/C17H13FN2O/c1-12-4-2-3-5-16(12)20-17(21)14(11-19)10-13-6-8-15(18)9-7-13/h2-10H,1H3,(H,20,21)/b14-10+. The Hall–Kier alpha value is -2.93. The first-order valence-corrected chi connectivity index (χ1v) is 6.34. The largest absolute Gasteiger partial charge is 0.321 e. The van der Waals surface area contributed by atoms with Crippen LogP contribution in [0.4, 0.5) is 10.1 Å². The molecule has 0 aliphatic rings. The molecule has 1 amide bonds. The topological polar surface area (TPSA) is 52.9 Å². The Labute approximate surface area is 122 Å². The zero-order valence-electron chi connectivity index (χ0n) is 11.4. The van der Waals surface area contributed by atoms with E-state index in [0.29, 0.717) is 11.3 Å². The molecule has 0 aromatic heterocycles. The van der Waals surface area contributed by atoms with Crippen molar-refractivity contribution < 1.29 is 9.18 Å². The van der Waals surface area contributed by atoms with Gasteiger partial charge in [0, 0.05) is 5.69 Å². The molecule has 0 spiro atoms. The van der Waals surface area contributed by atoms with Crippen molar-refractivity contribution in [2.45, 2.75) is 6.92 Å². The lowest BCUT2D eigenvalue weighted by Gasteiger charge is -2.07. The Kier molecular flexibility index (Phi) is 4.47. The fraction of sp³-hybridized carbons (Fsp3) is 0.0588. The highest BCUT2D eigenvalue weighted by Gasteiger charge is 2.10. The van der Waals surface area contributed by atoms with E-state index in [4.69, 9.17) is 5.26 Å². The Morgan fingerprint density at radius 3 is 2.48 bits per heavy atom. The number of halogens is 1. The lowest BCUT2D eigenvalue weighted by Crippen LogP contribution is -2.14. The highest BCUT2D eigenvalue weighted by atomic mass is 19.1. The number of nitriles is 1. The summed E-state index contributed by atoms with van der Waals surface area (Å²) in [7, 11) is 0. The molecule has 2 aromatic carbocycles. The van der Waals surface area contributed by atoms with Crippen LogP contribution in [0, 0.1) is 24.1 Å². The molecule has 0 fully saturated rings. The molecule has 1 N–H and O–H groups in total. The highest BCUT2D eigenvalue weighted by molar-refractivity contribution is 6.09. The van der Waals surface area contributed by atoms with Gasteiger partial charge < -0.3 is 5.32 Å². The van der Waals surface area contributed by atoms with Gasteiger partial charge in [0.25, 0.3) is 5.91 Å². The van der Waals surface area contributed by atoms with Crippen LogP contribution < -0.4 is 5.32 Å². The molecule has 0 saturated carbocycles. The number of carbonyl (C=O) groups excluding carboxylic acids is 1. The second-order valence-corrected chi connectivity index (χ2v) is 4.49. The van der Waals surface area contributed by atoms with E-state index in [1.807, 2.05) is 25.1 Å². The Morgan fingerprint density at radius 2 is 1.86 bits per heavy atom. The molecule has 0 saturated heterocycles. The summed E-state index contributed by atoms with van der Waals surface area (Å²) in [5, 5.41) is 11.8. The number of anilines is 1. The van der Waals surface area contributed by atoms with Gasteiger partial charge in [-0.15, -0.1) is 0 Å². The number of hydrogen-bond donors (Lipinski definition) is 1. The molecule has 104 valence electrons. The molecule has 3 nitrogen and oxygen atoms in total. The second kappa shape index (κ2) is 6.49. The van der Waals surface area contributed by atoms with Crippen LogP contribution in [0.1, 0.15) is 11.1 Å². The average Bonchev–Trinajstić information content (AvgIpc) is 2.49. The molecular formula is C17H13FN2O. The molecule has 0 atom stereocenters. The predicted molar refractivity (Wildman–Crippen MR) is 79.8 cm³/mol. The number of hydrogen-bond acceptors (Lipinski definition) is 2. The monoisotopic (exact) mass is 280 g/mol. The van der Waals surface area contributed by atoms with E-state index in [9.17, 15) is 9.18 Å². The smallest absolute Gasteiger partial charge is 0.266 e. The van der Waals surface area contributed by atoms with E-state index >= 15 is 0 Å². The van der Waals surface area contributed by atoms with E-state index in [1.54, 1.807) is 12.1 Å². The lowest BCUT2D eigenvalue weighted by molar-refractivity contribution is -0.112. The van der Waals surface area contributed by atoms with Gasteiger partial charge in [-0.25, -0.2) is 4.39 Å². The Morgan fingerprint density at radius 1 is 1.19 bits per heavy atom. The summed E-state index contributed by atoms with van der Waals surface area (Å²) in [5.74, 6) is -0.855. The van der Waals surface area contributed by atoms with Gasteiger partial charge in [0.15, 0.2) is 0 Å². The lowest BCUT2D eigenvalue weighted by atomic mass is 10.1. The van der Waals surface area contributed by atoms with Crippen LogP contribution in [0.15, 0.2) is 54.1 Å². The van der Waals surface area contributed by atoms with Gasteiger partial charge >= 0.3 is 0 Å². The van der Waals surface area contributed by atoms with Crippen molar-refractivity contribution in [3.05, 3.63) is 71.0 Å². The zero-order chi connectivity index (χ0) is 15.2. The molecule has 0 radical (unpaired) electrons. The van der Waals surface area contributed by atoms with Gasteiger partial charge in [0.2, 0.25) is 0 Å². The number of benzene rings is 2. The van der Waals surface area contributed by atoms with Gasteiger partial charge in [-0.2, -0.15) is 5.26 Å². The van der Waals surface area contributed by atoms with Crippen LogP contribution in [-0.2, 0) is 4.79 Å². The summed E-state index contributed by atoms with van der Waals surface area (Å²) in [5.41, 5.74) is 2.12. The number of nitrogens with zero attached hydrogens (tertiary/aromatic N) is 1. The first-order valence-electron chi connectivity index (χ1n) is 6.34. The molecule has 0 unspecified atom stereocenters.